The number of hydrogen-bond donors (Lipinski definition) is 0. The average Bonchev–Trinajstić information content (AvgIpc) is 2.28. The average molecular weight is 271 g/mol. The molecular weight excluding hydrogens is 256 g/mol. The molecule has 1 rings (SSSR count). The predicted octanol–water partition coefficient (Wildman–Crippen LogP) is 4.03. The molecular formula is C13H15ClO2S. The number of carbonyl (C=O) groups is 1. The van der Waals surface area contributed by atoms with Crippen LogP contribution in [0.3, 0.4) is 0 Å². The van der Waals surface area contributed by atoms with Crippen molar-refractivity contribution < 1.29 is 9.53 Å². The molecule has 0 aliphatic carbocycles. The first kappa shape index (κ1) is 14.1. The van der Waals surface area contributed by atoms with Crippen LogP contribution in [0.1, 0.15) is 18.9 Å². The minimum atomic E-state index is 0.152. The third-order valence-electron chi connectivity index (χ3n) is 2.08. The van der Waals surface area contributed by atoms with Gasteiger partial charge < -0.3 is 4.74 Å². The maximum atomic E-state index is 10.7. The molecule has 0 amide bonds. The standard InChI is InChI=1S/C13H15ClO2S/c1-10(15)17-8-4-3-5-11-9-12(14)6-7-13(11)16-2/h3,5-7,9H,4,8H2,1-2H3. The van der Waals surface area contributed by atoms with Crippen LogP contribution in [0, 0.1) is 0 Å². The van der Waals surface area contributed by atoms with Crippen LogP contribution in [0.5, 0.6) is 5.75 Å². The van der Waals surface area contributed by atoms with Gasteiger partial charge in [0.1, 0.15) is 5.75 Å². The van der Waals surface area contributed by atoms with Gasteiger partial charge in [-0.3, -0.25) is 4.79 Å². The van der Waals surface area contributed by atoms with Crippen molar-refractivity contribution in [3.8, 4) is 5.75 Å². The predicted molar refractivity (Wildman–Crippen MR) is 74.8 cm³/mol. The Morgan fingerprint density at radius 2 is 2.29 bits per heavy atom. The second-order valence-electron chi connectivity index (χ2n) is 3.42. The minimum absolute atomic E-state index is 0.152. The molecule has 0 saturated heterocycles. The Morgan fingerprint density at radius 1 is 1.53 bits per heavy atom. The lowest BCUT2D eigenvalue weighted by molar-refractivity contribution is -0.109. The lowest BCUT2D eigenvalue weighted by atomic mass is 10.2. The molecule has 0 fully saturated rings. The molecule has 0 unspecified atom stereocenters. The Labute approximate surface area is 111 Å². The second-order valence-corrected chi connectivity index (χ2v) is 5.13. The van der Waals surface area contributed by atoms with Crippen LogP contribution in [0.2, 0.25) is 5.02 Å². The van der Waals surface area contributed by atoms with E-state index in [-0.39, 0.29) is 5.12 Å². The fourth-order valence-electron chi connectivity index (χ4n) is 1.32. The highest BCUT2D eigenvalue weighted by Crippen LogP contribution is 2.24. The molecule has 1 aromatic carbocycles. The van der Waals surface area contributed by atoms with Gasteiger partial charge in [-0.1, -0.05) is 35.5 Å². The van der Waals surface area contributed by atoms with E-state index in [0.717, 1.165) is 23.5 Å². The van der Waals surface area contributed by atoms with Crippen molar-refractivity contribution in [2.24, 2.45) is 0 Å². The van der Waals surface area contributed by atoms with Crippen LogP contribution in [-0.4, -0.2) is 18.0 Å². The number of allylic oxidation sites excluding steroid dienone is 1. The van der Waals surface area contributed by atoms with Gasteiger partial charge in [-0.2, -0.15) is 0 Å². The number of rotatable bonds is 5. The Morgan fingerprint density at radius 3 is 2.94 bits per heavy atom. The first-order valence-electron chi connectivity index (χ1n) is 5.27. The van der Waals surface area contributed by atoms with Crippen LogP contribution in [0.4, 0.5) is 0 Å². The normalized spacial score (nSPS) is 10.8. The summed E-state index contributed by atoms with van der Waals surface area (Å²) in [5.41, 5.74) is 0.952. The number of hydrogen-bond acceptors (Lipinski definition) is 3. The number of benzene rings is 1. The van der Waals surface area contributed by atoms with Gasteiger partial charge in [0.2, 0.25) is 0 Å². The minimum Gasteiger partial charge on any atom is -0.496 e. The fourth-order valence-corrected chi connectivity index (χ4v) is 2.04. The Hall–Kier alpha value is -0.930. The van der Waals surface area contributed by atoms with E-state index in [9.17, 15) is 4.79 Å². The fraction of sp³-hybridized carbons (Fsp3) is 0.308. The SMILES string of the molecule is COc1ccc(Cl)cc1C=CCCSC(C)=O. The largest absolute Gasteiger partial charge is 0.496 e. The summed E-state index contributed by atoms with van der Waals surface area (Å²) in [6, 6.07) is 5.49. The van der Waals surface area contributed by atoms with Gasteiger partial charge in [-0.05, 0) is 24.6 Å². The van der Waals surface area contributed by atoms with Gasteiger partial charge in [0.15, 0.2) is 5.12 Å². The van der Waals surface area contributed by atoms with E-state index in [1.165, 1.54) is 11.8 Å². The quantitative estimate of drug-likeness (QED) is 0.756. The summed E-state index contributed by atoms with van der Waals surface area (Å²) in [5, 5.41) is 0.835. The maximum Gasteiger partial charge on any atom is 0.185 e. The first-order chi connectivity index (χ1) is 8.13. The van der Waals surface area contributed by atoms with Gasteiger partial charge in [-0.25, -0.2) is 0 Å². The van der Waals surface area contributed by atoms with Crippen molar-refractivity contribution in [2.45, 2.75) is 13.3 Å². The summed E-state index contributed by atoms with van der Waals surface area (Å²) >= 11 is 7.25. The summed E-state index contributed by atoms with van der Waals surface area (Å²) < 4.78 is 5.23. The molecule has 0 aromatic heterocycles. The van der Waals surface area contributed by atoms with E-state index < -0.39 is 0 Å². The summed E-state index contributed by atoms with van der Waals surface area (Å²) in [7, 11) is 1.63. The van der Waals surface area contributed by atoms with Crippen LogP contribution < -0.4 is 4.74 Å². The highest BCUT2D eigenvalue weighted by molar-refractivity contribution is 8.13. The number of thioether (sulfide) groups is 1. The molecule has 2 nitrogen and oxygen atoms in total. The van der Waals surface area contributed by atoms with E-state index in [4.69, 9.17) is 16.3 Å². The number of ether oxygens (including phenoxy) is 1. The number of halogens is 1. The lowest BCUT2D eigenvalue weighted by Gasteiger charge is -2.04. The zero-order valence-electron chi connectivity index (χ0n) is 9.90. The van der Waals surface area contributed by atoms with Crippen LogP contribution in [0.25, 0.3) is 6.08 Å². The molecule has 17 heavy (non-hydrogen) atoms. The number of carbonyl (C=O) groups excluding carboxylic acids is 1. The highest BCUT2D eigenvalue weighted by Gasteiger charge is 1.99. The highest BCUT2D eigenvalue weighted by atomic mass is 35.5. The van der Waals surface area contributed by atoms with E-state index in [1.54, 1.807) is 20.1 Å². The summed E-state index contributed by atoms with van der Waals surface area (Å²) in [4.78, 5) is 10.7. The van der Waals surface area contributed by atoms with Gasteiger partial charge >= 0.3 is 0 Å². The van der Waals surface area contributed by atoms with Crippen molar-refractivity contribution in [2.75, 3.05) is 12.9 Å². The summed E-state index contributed by atoms with van der Waals surface area (Å²) in [6.07, 6.45) is 4.83. The van der Waals surface area contributed by atoms with E-state index in [2.05, 4.69) is 0 Å². The molecule has 0 spiro atoms. The van der Waals surface area contributed by atoms with Crippen molar-refractivity contribution in [1.82, 2.24) is 0 Å². The van der Waals surface area contributed by atoms with Crippen molar-refractivity contribution in [1.29, 1.82) is 0 Å². The molecule has 92 valence electrons. The molecule has 0 N–H and O–H groups in total. The van der Waals surface area contributed by atoms with Crippen LogP contribution >= 0.6 is 23.4 Å². The molecule has 0 saturated carbocycles. The smallest absolute Gasteiger partial charge is 0.185 e. The van der Waals surface area contributed by atoms with Crippen molar-refractivity contribution in [3.05, 3.63) is 34.9 Å². The third kappa shape index (κ3) is 5.29. The van der Waals surface area contributed by atoms with Gasteiger partial charge in [0.05, 0.1) is 7.11 Å². The molecule has 0 radical (unpaired) electrons. The van der Waals surface area contributed by atoms with Crippen molar-refractivity contribution in [3.63, 3.8) is 0 Å². The lowest BCUT2D eigenvalue weighted by Crippen LogP contribution is -1.87. The van der Waals surface area contributed by atoms with Gasteiger partial charge in [-0.15, -0.1) is 0 Å². The zero-order valence-corrected chi connectivity index (χ0v) is 11.5. The molecule has 0 bridgehead atoms. The summed E-state index contributed by atoms with van der Waals surface area (Å²) in [5.74, 6) is 1.60. The second kappa shape index (κ2) is 7.41. The third-order valence-corrected chi connectivity index (χ3v) is 3.16. The molecule has 0 aliphatic heterocycles. The maximum absolute atomic E-state index is 10.7. The van der Waals surface area contributed by atoms with Crippen LogP contribution in [0.15, 0.2) is 24.3 Å². The van der Waals surface area contributed by atoms with Gasteiger partial charge in [0.25, 0.3) is 0 Å². The zero-order chi connectivity index (χ0) is 12.7. The van der Waals surface area contributed by atoms with Crippen LogP contribution in [-0.2, 0) is 4.79 Å². The van der Waals surface area contributed by atoms with Gasteiger partial charge in [0, 0.05) is 23.3 Å². The first-order valence-corrected chi connectivity index (χ1v) is 6.63. The molecule has 1 aromatic rings. The Bertz CT molecular complexity index is 416. The molecule has 0 aliphatic rings. The number of methoxy groups -OCH3 is 1. The van der Waals surface area contributed by atoms with Crippen molar-refractivity contribution >= 4 is 34.6 Å². The van der Waals surface area contributed by atoms with E-state index >= 15 is 0 Å². The Balaban J connectivity index is 2.57. The summed E-state index contributed by atoms with van der Waals surface area (Å²) in [6.45, 7) is 1.58. The topological polar surface area (TPSA) is 26.3 Å². The van der Waals surface area contributed by atoms with E-state index in [1.807, 2.05) is 24.3 Å². The Kier molecular flexibility index (Phi) is 6.16. The molecule has 0 atom stereocenters. The molecule has 0 heterocycles. The monoisotopic (exact) mass is 270 g/mol. The van der Waals surface area contributed by atoms with E-state index in [0.29, 0.717) is 5.02 Å². The molecule has 4 heteroatoms.